The van der Waals surface area contributed by atoms with Crippen LogP contribution < -0.4 is 16.6 Å². The molecule has 0 aliphatic heterocycles. The lowest BCUT2D eigenvalue weighted by Gasteiger charge is -2.10. The van der Waals surface area contributed by atoms with Crippen LogP contribution in [0.4, 0.5) is 0 Å². The first kappa shape index (κ1) is 14.5. The second kappa shape index (κ2) is 6.00. The van der Waals surface area contributed by atoms with Crippen LogP contribution in [0, 0.1) is 0 Å². The fraction of sp³-hybridized carbons (Fsp3) is 0.500. The Hall–Kier alpha value is -1.95. The Labute approximate surface area is 116 Å². The van der Waals surface area contributed by atoms with E-state index in [1.54, 1.807) is 12.3 Å². The highest BCUT2D eigenvalue weighted by molar-refractivity contribution is 5.74. The van der Waals surface area contributed by atoms with E-state index in [9.17, 15) is 9.59 Å². The largest absolute Gasteiger partial charge is 0.329 e. The molecule has 0 aromatic carbocycles. The molecule has 2 heterocycles. The van der Waals surface area contributed by atoms with Gasteiger partial charge in [-0.3, -0.25) is 14.3 Å². The van der Waals surface area contributed by atoms with Gasteiger partial charge in [-0.2, -0.15) is 0 Å². The Morgan fingerprint density at radius 1 is 1.40 bits per heavy atom. The Balaban J connectivity index is 2.52. The molecule has 6 nitrogen and oxygen atoms in total. The summed E-state index contributed by atoms with van der Waals surface area (Å²) in [7, 11) is 0. The number of aryl methyl sites for hydroxylation is 1. The Kier molecular flexibility index (Phi) is 4.34. The number of H-pyrrole nitrogens is 1. The molecule has 0 unspecified atom stereocenters. The van der Waals surface area contributed by atoms with Crippen molar-refractivity contribution < 1.29 is 0 Å². The number of nitrogens with zero attached hydrogens (tertiary/aromatic N) is 2. The molecule has 0 spiro atoms. The number of aromatic amines is 1. The molecule has 0 aliphatic carbocycles. The predicted octanol–water partition coefficient (Wildman–Crippen LogP) is 0.993. The number of pyridine rings is 1. The van der Waals surface area contributed by atoms with Gasteiger partial charge >= 0.3 is 5.69 Å². The molecule has 2 aromatic rings. The number of aromatic nitrogens is 3. The van der Waals surface area contributed by atoms with Crippen LogP contribution >= 0.6 is 0 Å². The lowest BCUT2D eigenvalue weighted by Crippen LogP contribution is -2.31. The van der Waals surface area contributed by atoms with Crippen LogP contribution in [0.25, 0.3) is 11.0 Å². The molecule has 108 valence electrons. The third-order valence-electron chi connectivity index (χ3n) is 3.05. The molecule has 0 aliphatic rings. The molecular formula is C14H20N4O2. The van der Waals surface area contributed by atoms with Crippen molar-refractivity contribution in [2.75, 3.05) is 0 Å². The van der Waals surface area contributed by atoms with Gasteiger partial charge in [-0.05, 0) is 18.1 Å². The molecule has 20 heavy (non-hydrogen) atoms. The summed E-state index contributed by atoms with van der Waals surface area (Å²) >= 11 is 0. The highest BCUT2D eigenvalue weighted by Crippen LogP contribution is 2.08. The average molecular weight is 276 g/mol. The Morgan fingerprint density at radius 2 is 2.15 bits per heavy atom. The standard InChI is InChI=1S/C14H20N4O2/c1-4-5-18-12-11(13(19)17-14(18)20)6-10(8-16-12)7-15-9(2)3/h6,8-9,15H,4-5,7H2,1-3H3,(H,17,19,20). The Bertz CT molecular complexity index is 715. The Morgan fingerprint density at radius 3 is 2.80 bits per heavy atom. The van der Waals surface area contributed by atoms with E-state index in [0.717, 1.165) is 12.0 Å². The third-order valence-corrected chi connectivity index (χ3v) is 3.05. The first-order valence-corrected chi connectivity index (χ1v) is 6.88. The number of fused-ring (bicyclic) bond motifs is 1. The van der Waals surface area contributed by atoms with E-state index in [1.807, 2.05) is 6.92 Å². The summed E-state index contributed by atoms with van der Waals surface area (Å²) in [5, 5.41) is 3.74. The topological polar surface area (TPSA) is 79.8 Å². The summed E-state index contributed by atoms with van der Waals surface area (Å²) in [5.41, 5.74) is 0.605. The first-order valence-electron chi connectivity index (χ1n) is 6.88. The van der Waals surface area contributed by atoms with Crippen LogP contribution in [-0.4, -0.2) is 20.6 Å². The summed E-state index contributed by atoms with van der Waals surface area (Å²) in [4.78, 5) is 30.4. The zero-order valence-electron chi connectivity index (χ0n) is 12.1. The van der Waals surface area contributed by atoms with Crippen molar-refractivity contribution in [1.82, 2.24) is 19.9 Å². The molecule has 2 N–H and O–H groups in total. The number of hydrogen-bond donors (Lipinski definition) is 2. The van der Waals surface area contributed by atoms with E-state index in [1.165, 1.54) is 4.57 Å². The maximum Gasteiger partial charge on any atom is 0.329 e. The summed E-state index contributed by atoms with van der Waals surface area (Å²) < 4.78 is 1.51. The van der Waals surface area contributed by atoms with Gasteiger partial charge in [-0.15, -0.1) is 0 Å². The zero-order valence-corrected chi connectivity index (χ0v) is 12.1. The second-order valence-electron chi connectivity index (χ2n) is 5.16. The van der Waals surface area contributed by atoms with Crippen molar-refractivity contribution in [2.45, 2.75) is 46.3 Å². The molecular weight excluding hydrogens is 256 g/mol. The van der Waals surface area contributed by atoms with Crippen LogP contribution in [-0.2, 0) is 13.1 Å². The minimum atomic E-state index is -0.398. The normalized spacial score (nSPS) is 11.4. The van der Waals surface area contributed by atoms with Crippen molar-refractivity contribution >= 4 is 11.0 Å². The van der Waals surface area contributed by atoms with Crippen LogP contribution in [0.15, 0.2) is 21.9 Å². The molecule has 0 bridgehead atoms. The summed E-state index contributed by atoms with van der Waals surface area (Å²) in [6.45, 7) is 7.28. The van der Waals surface area contributed by atoms with E-state index in [4.69, 9.17) is 0 Å². The third kappa shape index (κ3) is 2.96. The van der Waals surface area contributed by atoms with Gasteiger partial charge in [0.25, 0.3) is 5.56 Å². The zero-order chi connectivity index (χ0) is 14.7. The average Bonchev–Trinajstić information content (AvgIpc) is 2.41. The minimum Gasteiger partial charge on any atom is -0.310 e. The quantitative estimate of drug-likeness (QED) is 0.853. The molecule has 0 radical (unpaired) electrons. The molecule has 6 heteroatoms. The second-order valence-corrected chi connectivity index (χ2v) is 5.16. The van der Waals surface area contributed by atoms with Crippen LogP contribution in [0.1, 0.15) is 32.8 Å². The smallest absolute Gasteiger partial charge is 0.310 e. The highest BCUT2D eigenvalue weighted by Gasteiger charge is 2.09. The SMILES string of the molecule is CCCn1c(=O)[nH]c(=O)c2cc(CNC(C)C)cnc21. The molecule has 0 fully saturated rings. The molecule has 0 saturated carbocycles. The van der Waals surface area contributed by atoms with Gasteiger partial charge in [0.05, 0.1) is 5.39 Å². The van der Waals surface area contributed by atoms with Gasteiger partial charge in [0.2, 0.25) is 0 Å². The van der Waals surface area contributed by atoms with Crippen molar-refractivity contribution in [2.24, 2.45) is 0 Å². The highest BCUT2D eigenvalue weighted by atomic mass is 16.2. The molecule has 0 saturated heterocycles. The van der Waals surface area contributed by atoms with Gasteiger partial charge < -0.3 is 5.32 Å². The van der Waals surface area contributed by atoms with E-state index < -0.39 is 5.69 Å². The van der Waals surface area contributed by atoms with Crippen molar-refractivity contribution in [1.29, 1.82) is 0 Å². The van der Waals surface area contributed by atoms with E-state index in [0.29, 0.717) is 30.2 Å². The van der Waals surface area contributed by atoms with Crippen molar-refractivity contribution in [3.05, 3.63) is 38.7 Å². The van der Waals surface area contributed by atoms with E-state index in [2.05, 4.69) is 29.1 Å². The maximum absolute atomic E-state index is 11.9. The van der Waals surface area contributed by atoms with Crippen LogP contribution in [0.2, 0.25) is 0 Å². The number of nitrogens with one attached hydrogen (secondary N) is 2. The molecule has 0 amide bonds. The number of hydrogen-bond acceptors (Lipinski definition) is 4. The summed E-state index contributed by atoms with van der Waals surface area (Å²) in [6.07, 6.45) is 2.52. The van der Waals surface area contributed by atoms with Gasteiger partial charge in [0.1, 0.15) is 5.65 Å². The summed E-state index contributed by atoms with van der Waals surface area (Å²) in [6, 6.07) is 2.15. The predicted molar refractivity (Wildman–Crippen MR) is 78.9 cm³/mol. The fourth-order valence-electron chi connectivity index (χ4n) is 2.06. The lowest BCUT2D eigenvalue weighted by molar-refractivity contribution is 0.588. The van der Waals surface area contributed by atoms with Crippen LogP contribution in [0.5, 0.6) is 0 Å². The van der Waals surface area contributed by atoms with Gasteiger partial charge in [-0.25, -0.2) is 9.78 Å². The van der Waals surface area contributed by atoms with Crippen molar-refractivity contribution in [3.8, 4) is 0 Å². The van der Waals surface area contributed by atoms with E-state index in [-0.39, 0.29) is 5.56 Å². The maximum atomic E-state index is 11.9. The lowest BCUT2D eigenvalue weighted by atomic mass is 10.2. The first-order chi connectivity index (χ1) is 9.52. The number of rotatable bonds is 5. The van der Waals surface area contributed by atoms with Gasteiger partial charge in [0.15, 0.2) is 0 Å². The molecule has 2 aromatic heterocycles. The molecule has 0 atom stereocenters. The van der Waals surface area contributed by atoms with Crippen molar-refractivity contribution in [3.63, 3.8) is 0 Å². The molecule has 2 rings (SSSR count). The van der Waals surface area contributed by atoms with Gasteiger partial charge in [0, 0.05) is 25.3 Å². The summed E-state index contributed by atoms with van der Waals surface area (Å²) in [5.74, 6) is 0. The van der Waals surface area contributed by atoms with Gasteiger partial charge in [-0.1, -0.05) is 20.8 Å². The minimum absolute atomic E-state index is 0.359. The fourth-order valence-corrected chi connectivity index (χ4v) is 2.06. The van der Waals surface area contributed by atoms with Crippen LogP contribution in [0.3, 0.4) is 0 Å². The van der Waals surface area contributed by atoms with E-state index >= 15 is 0 Å². The monoisotopic (exact) mass is 276 g/mol.